The van der Waals surface area contributed by atoms with Crippen molar-refractivity contribution in [2.75, 3.05) is 40.9 Å². The number of aliphatic hydroxyl groups excluding tert-OH is 1. The molecular weight excluding hydrogens is 816 g/mol. The fraction of sp³-hybridized carbons (Fsp3) is 0.982. The van der Waals surface area contributed by atoms with Crippen molar-refractivity contribution in [1.29, 1.82) is 0 Å². The summed E-state index contributed by atoms with van der Waals surface area (Å²) in [7, 11) is 1.32. The lowest BCUT2D eigenvalue weighted by Gasteiger charge is -2.30. The molecule has 0 aliphatic heterocycles. The van der Waals surface area contributed by atoms with Gasteiger partial charge in [-0.15, -0.1) is 0 Å². The zero-order valence-electron chi connectivity index (χ0n) is 43.8. The number of hydrogen-bond acceptors (Lipinski definition) is 6. The van der Waals surface area contributed by atoms with Gasteiger partial charge < -0.3 is 28.8 Å². The van der Waals surface area contributed by atoms with Crippen LogP contribution in [-0.2, 0) is 18.4 Å². The number of phosphoric ester groups is 1. The minimum Gasteiger partial charge on any atom is -0.756 e. The van der Waals surface area contributed by atoms with Gasteiger partial charge in [0.05, 0.1) is 39.9 Å². The first-order valence-corrected chi connectivity index (χ1v) is 29.8. The molecule has 0 rings (SSSR count). The largest absolute Gasteiger partial charge is 0.756 e. The van der Waals surface area contributed by atoms with Crippen molar-refractivity contribution in [1.82, 2.24) is 5.32 Å². The van der Waals surface area contributed by atoms with E-state index in [4.69, 9.17) is 9.05 Å². The average Bonchev–Trinajstić information content (AvgIpc) is 3.25. The molecule has 0 bridgehead atoms. The van der Waals surface area contributed by atoms with Crippen LogP contribution in [0.3, 0.4) is 0 Å². The lowest BCUT2D eigenvalue weighted by Crippen LogP contribution is -2.46. The lowest BCUT2D eigenvalue weighted by molar-refractivity contribution is -0.870. The summed E-state index contributed by atoms with van der Waals surface area (Å²) in [5.41, 5.74) is 0. The van der Waals surface area contributed by atoms with Crippen LogP contribution in [0.4, 0.5) is 0 Å². The molecule has 0 aromatic carbocycles. The number of rotatable bonds is 53. The molecule has 0 heterocycles. The molecule has 0 aromatic rings. The SMILES string of the molecule is CCCCCCCCCCCCCCCCCCCCCCCCCCCCC(=O)NC(COP(=O)([O-])OCC[N+](C)(C)C)C(O)CCCCCCCCCCCCCCCCCC. The molecule has 384 valence electrons. The van der Waals surface area contributed by atoms with Gasteiger partial charge in [-0.05, 0) is 12.8 Å². The first-order chi connectivity index (χ1) is 31.0. The minimum absolute atomic E-state index is 0.0165. The molecule has 0 aliphatic carbocycles. The Bertz CT molecular complexity index is 1010. The van der Waals surface area contributed by atoms with Gasteiger partial charge in [0, 0.05) is 6.42 Å². The van der Waals surface area contributed by atoms with Gasteiger partial charge in [0.1, 0.15) is 13.2 Å². The van der Waals surface area contributed by atoms with Crippen molar-refractivity contribution in [2.45, 2.75) is 309 Å². The number of quaternary nitrogens is 1. The molecule has 2 N–H and O–H groups in total. The topological polar surface area (TPSA) is 108 Å². The van der Waals surface area contributed by atoms with E-state index >= 15 is 0 Å². The highest BCUT2D eigenvalue weighted by Gasteiger charge is 2.24. The normalized spacial score (nSPS) is 13.9. The first-order valence-electron chi connectivity index (χ1n) is 28.4. The van der Waals surface area contributed by atoms with Crippen LogP contribution in [0, 0.1) is 0 Å². The molecule has 0 aromatic heterocycles. The number of unbranched alkanes of at least 4 members (excludes halogenated alkanes) is 40. The molecule has 8 nitrogen and oxygen atoms in total. The van der Waals surface area contributed by atoms with E-state index in [-0.39, 0.29) is 19.1 Å². The molecular formula is C55H113N2O6P. The number of nitrogens with zero attached hydrogens (tertiary/aromatic N) is 1. The Balaban J connectivity index is 4.08. The van der Waals surface area contributed by atoms with Gasteiger partial charge in [0.15, 0.2) is 0 Å². The second kappa shape index (κ2) is 47.6. The highest BCUT2D eigenvalue weighted by atomic mass is 31.2. The Morgan fingerprint density at radius 1 is 0.484 bits per heavy atom. The molecule has 3 atom stereocenters. The molecule has 64 heavy (non-hydrogen) atoms. The molecule has 0 radical (unpaired) electrons. The summed E-state index contributed by atoms with van der Waals surface area (Å²) in [4.78, 5) is 25.5. The smallest absolute Gasteiger partial charge is 0.268 e. The molecule has 0 aliphatic rings. The highest BCUT2D eigenvalue weighted by Crippen LogP contribution is 2.38. The number of aliphatic hydroxyl groups is 1. The summed E-state index contributed by atoms with van der Waals surface area (Å²) in [6.45, 7) is 4.77. The van der Waals surface area contributed by atoms with E-state index < -0.39 is 20.0 Å². The Morgan fingerprint density at radius 3 is 1.06 bits per heavy atom. The summed E-state index contributed by atoms with van der Waals surface area (Å²) < 4.78 is 23.4. The van der Waals surface area contributed by atoms with Crippen LogP contribution in [0.2, 0.25) is 0 Å². The van der Waals surface area contributed by atoms with E-state index in [1.54, 1.807) is 0 Å². The zero-order valence-corrected chi connectivity index (χ0v) is 44.7. The predicted octanol–water partition coefficient (Wildman–Crippen LogP) is 16.2. The summed E-state index contributed by atoms with van der Waals surface area (Å²) in [5.74, 6) is -0.157. The van der Waals surface area contributed by atoms with Crippen LogP contribution < -0.4 is 10.2 Å². The first kappa shape index (κ1) is 63.5. The van der Waals surface area contributed by atoms with Crippen LogP contribution in [0.5, 0.6) is 0 Å². The molecule has 9 heteroatoms. The second-order valence-electron chi connectivity index (χ2n) is 21.0. The molecule has 0 fully saturated rings. The van der Waals surface area contributed by atoms with Crippen molar-refractivity contribution in [3.63, 3.8) is 0 Å². The van der Waals surface area contributed by atoms with Gasteiger partial charge in [-0.1, -0.05) is 277 Å². The third-order valence-corrected chi connectivity index (χ3v) is 14.3. The number of carbonyl (C=O) groups excluding carboxylic acids is 1. The van der Waals surface area contributed by atoms with Crippen LogP contribution >= 0.6 is 7.82 Å². The molecule has 0 saturated carbocycles. The third kappa shape index (κ3) is 49.4. The van der Waals surface area contributed by atoms with Crippen molar-refractivity contribution in [3.05, 3.63) is 0 Å². The van der Waals surface area contributed by atoms with Crippen molar-refractivity contribution in [3.8, 4) is 0 Å². The fourth-order valence-corrected chi connectivity index (χ4v) is 9.59. The number of nitrogens with one attached hydrogen (secondary N) is 1. The van der Waals surface area contributed by atoms with Crippen LogP contribution in [0.25, 0.3) is 0 Å². The summed E-state index contributed by atoms with van der Waals surface area (Å²) >= 11 is 0. The quantitative estimate of drug-likeness (QED) is 0.0357. The van der Waals surface area contributed by atoms with Crippen LogP contribution in [-0.4, -0.2) is 68.5 Å². The Kier molecular flexibility index (Phi) is 47.2. The van der Waals surface area contributed by atoms with Gasteiger partial charge in [-0.2, -0.15) is 0 Å². The van der Waals surface area contributed by atoms with E-state index in [2.05, 4.69) is 19.2 Å². The van der Waals surface area contributed by atoms with Crippen molar-refractivity contribution >= 4 is 13.7 Å². The molecule has 0 saturated heterocycles. The van der Waals surface area contributed by atoms with E-state index in [0.717, 1.165) is 38.5 Å². The van der Waals surface area contributed by atoms with E-state index in [1.165, 1.54) is 231 Å². The Morgan fingerprint density at radius 2 is 0.766 bits per heavy atom. The Labute approximate surface area is 399 Å². The number of likely N-dealkylation sites (N-methyl/N-ethyl adjacent to an activating group) is 1. The number of phosphoric acid groups is 1. The Hall–Kier alpha value is -0.500. The lowest BCUT2D eigenvalue weighted by atomic mass is 10.0. The molecule has 1 amide bonds. The maximum absolute atomic E-state index is 13.0. The van der Waals surface area contributed by atoms with Gasteiger partial charge in [0.25, 0.3) is 7.82 Å². The van der Waals surface area contributed by atoms with Crippen molar-refractivity contribution < 1.29 is 32.9 Å². The average molecular weight is 929 g/mol. The molecule has 0 spiro atoms. The monoisotopic (exact) mass is 929 g/mol. The highest BCUT2D eigenvalue weighted by molar-refractivity contribution is 7.45. The standard InChI is InChI=1S/C55H113N2O6P/c1-6-8-10-12-14-16-18-20-22-24-25-26-27-28-29-30-31-32-33-35-37-39-41-43-45-47-49-55(59)56-53(52-63-64(60,61)62-51-50-57(3,4)5)54(58)48-46-44-42-40-38-36-34-23-21-19-17-15-13-11-9-7-2/h53-54,58H,6-52H2,1-5H3,(H-,56,59,60,61). The van der Waals surface area contributed by atoms with Gasteiger partial charge in [0.2, 0.25) is 5.91 Å². The molecule has 3 unspecified atom stereocenters. The summed E-state index contributed by atoms with van der Waals surface area (Å²) in [5, 5.41) is 14.0. The van der Waals surface area contributed by atoms with Gasteiger partial charge >= 0.3 is 0 Å². The number of amides is 1. The van der Waals surface area contributed by atoms with Crippen LogP contribution in [0.1, 0.15) is 296 Å². The second-order valence-corrected chi connectivity index (χ2v) is 22.4. The van der Waals surface area contributed by atoms with E-state index in [1.807, 2.05) is 21.1 Å². The predicted molar refractivity (Wildman–Crippen MR) is 275 cm³/mol. The van der Waals surface area contributed by atoms with Crippen molar-refractivity contribution in [2.24, 2.45) is 0 Å². The van der Waals surface area contributed by atoms with Gasteiger partial charge in [-0.3, -0.25) is 9.36 Å². The number of hydrogen-bond donors (Lipinski definition) is 2. The van der Waals surface area contributed by atoms with E-state index in [0.29, 0.717) is 23.9 Å². The zero-order chi connectivity index (χ0) is 47.1. The number of carbonyl (C=O) groups is 1. The minimum atomic E-state index is -4.56. The maximum atomic E-state index is 13.0. The summed E-state index contributed by atoms with van der Waals surface area (Å²) in [6, 6.07) is -0.794. The van der Waals surface area contributed by atoms with Crippen LogP contribution in [0.15, 0.2) is 0 Å². The third-order valence-electron chi connectivity index (χ3n) is 13.3. The van der Waals surface area contributed by atoms with E-state index in [9.17, 15) is 19.4 Å². The maximum Gasteiger partial charge on any atom is 0.268 e. The fourth-order valence-electron chi connectivity index (χ4n) is 8.87. The summed E-state index contributed by atoms with van der Waals surface area (Å²) in [6.07, 6.45) is 55.6. The van der Waals surface area contributed by atoms with Gasteiger partial charge in [-0.25, -0.2) is 0 Å².